The Morgan fingerprint density at radius 2 is 1.84 bits per heavy atom. The van der Waals surface area contributed by atoms with E-state index in [1.165, 1.54) is 12.1 Å². The van der Waals surface area contributed by atoms with E-state index in [0.717, 1.165) is 22.0 Å². The molecule has 0 unspecified atom stereocenters. The van der Waals surface area contributed by atoms with Crippen LogP contribution in [0.25, 0.3) is 21.9 Å². The predicted molar refractivity (Wildman–Crippen MR) is 91.6 cm³/mol. The van der Waals surface area contributed by atoms with Crippen LogP contribution in [-0.2, 0) is 10.6 Å². The number of alkyl halides is 2. The van der Waals surface area contributed by atoms with E-state index in [0.29, 0.717) is 11.4 Å². The highest BCUT2D eigenvalue weighted by Gasteiger charge is 2.43. The summed E-state index contributed by atoms with van der Waals surface area (Å²) in [5.41, 5.74) is 7.93. The molecule has 0 spiro atoms. The lowest BCUT2D eigenvalue weighted by atomic mass is 9.71. The normalized spacial score (nSPS) is 16.1. The van der Waals surface area contributed by atoms with Crippen molar-refractivity contribution >= 4 is 29.2 Å². The number of benzene rings is 2. The largest absolute Gasteiger partial charge is 0.491 e. The zero-order valence-corrected chi connectivity index (χ0v) is 13.3. The molecule has 2 aromatic carbocycles. The number of anilines is 1. The number of rotatable bonds is 1. The minimum Gasteiger partial charge on any atom is -0.423 e. The quantitative estimate of drug-likeness (QED) is 0.662. The summed E-state index contributed by atoms with van der Waals surface area (Å²) in [4.78, 5) is 0. The number of aromatic nitrogens is 2. The first kappa shape index (κ1) is 15.9. The lowest BCUT2D eigenvalue weighted by Gasteiger charge is -2.27. The van der Waals surface area contributed by atoms with Crippen LogP contribution in [0.4, 0.5) is 14.6 Å². The molecule has 8 heteroatoms. The van der Waals surface area contributed by atoms with Gasteiger partial charge in [-0.2, -0.15) is 13.9 Å². The summed E-state index contributed by atoms with van der Waals surface area (Å²) in [6.45, 7) is 0.997. The molecular weight excluding hydrogens is 327 g/mol. The van der Waals surface area contributed by atoms with E-state index in [2.05, 4.69) is 10.2 Å². The molecule has 0 radical (unpaired) electrons. The highest BCUT2D eigenvalue weighted by Crippen LogP contribution is 2.33. The molecule has 0 saturated heterocycles. The van der Waals surface area contributed by atoms with Crippen molar-refractivity contribution in [1.82, 2.24) is 10.2 Å². The number of hydrogen-bond acceptors (Lipinski definition) is 5. The van der Waals surface area contributed by atoms with Crippen molar-refractivity contribution in [3.63, 3.8) is 0 Å². The zero-order chi connectivity index (χ0) is 17.8. The molecule has 126 valence electrons. The smallest absolute Gasteiger partial charge is 0.423 e. The Labute approximate surface area is 142 Å². The molecule has 0 aliphatic carbocycles. The standard InChI is InChI=1S/C17H14BF2N3O2/c1-9-13-6-10(2-4-12(13)16(21)23-22-9)11-3-5-14-15(7-11)18(24)25-8-17(14,19)20/h2-7,24H,8H2,1H3,(H2,21,23). The van der Waals surface area contributed by atoms with Crippen LogP contribution in [-0.4, -0.2) is 28.9 Å². The van der Waals surface area contributed by atoms with Crippen molar-refractivity contribution in [2.45, 2.75) is 12.8 Å². The molecule has 1 aliphatic heterocycles. The van der Waals surface area contributed by atoms with Gasteiger partial charge in [-0.1, -0.05) is 24.3 Å². The van der Waals surface area contributed by atoms with Crippen LogP contribution in [0, 0.1) is 6.92 Å². The molecular formula is C17H14BF2N3O2. The Morgan fingerprint density at radius 1 is 1.12 bits per heavy atom. The molecule has 0 amide bonds. The molecule has 1 aromatic heterocycles. The van der Waals surface area contributed by atoms with Crippen LogP contribution in [0.1, 0.15) is 11.3 Å². The van der Waals surface area contributed by atoms with Gasteiger partial charge in [0.15, 0.2) is 5.82 Å². The molecule has 25 heavy (non-hydrogen) atoms. The van der Waals surface area contributed by atoms with Crippen LogP contribution in [0.15, 0.2) is 36.4 Å². The van der Waals surface area contributed by atoms with Crippen molar-refractivity contribution in [2.75, 3.05) is 12.3 Å². The van der Waals surface area contributed by atoms with Gasteiger partial charge in [0.2, 0.25) is 0 Å². The third kappa shape index (κ3) is 2.54. The second-order valence-corrected chi connectivity index (χ2v) is 6.10. The fourth-order valence-electron chi connectivity index (χ4n) is 3.11. The maximum absolute atomic E-state index is 13.9. The van der Waals surface area contributed by atoms with E-state index in [1.54, 1.807) is 6.07 Å². The van der Waals surface area contributed by atoms with Gasteiger partial charge in [-0.25, -0.2) is 0 Å². The summed E-state index contributed by atoms with van der Waals surface area (Å²) in [6, 6.07) is 10.0. The van der Waals surface area contributed by atoms with Crippen LogP contribution in [0.3, 0.4) is 0 Å². The van der Waals surface area contributed by atoms with Gasteiger partial charge in [-0.05, 0) is 35.6 Å². The second kappa shape index (κ2) is 5.47. The first-order valence-corrected chi connectivity index (χ1v) is 7.71. The van der Waals surface area contributed by atoms with E-state index in [9.17, 15) is 13.8 Å². The van der Waals surface area contributed by atoms with Crippen molar-refractivity contribution in [1.29, 1.82) is 0 Å². The summed E-state index contributed by atoms with van der Waals surface area (Å²) in [5, 5.41) is 19.4. The summed E-state index contributed by atoms with van der Waals surface area (Å²) < 4.78 is 32.7. The summed E-state index contributed by atoms with van der Waals surface area (Å²) in [5.74, 6) is -2.78. The van der Waals surface area contributed by atoms with Gasteiger partial charge in [0, 0.05) is 16.3 Å². The maximum Gasteiger partial charge on any atom is 0.491 e. The molecule has 5 nitrogen and oxygen atoms in total. The third-order valence-corrected chi connectivity index (χ3v) is 4.46. The van der Waals surface area contributed by atoms with E-state index in [4.69, 9.17) is 10.4 Å². The topological polar surface area (TPSA) is 81.3 Å². The van der Waals surface area contributed by atoms with Gasteiger partial charge in [-0.15, -0.1) is 5.10 Å². The molecule has 0 saturated carbocycles. The number of nitrogen functional groups attached to an aromatic ring is 1. The van der Waals surface area contributed by atoms with Gasteiger partial charge in [0.1, 0.15) is 0 Å². The van der Waals surface area contributed by atoms with E-state index in [-0.39, 0.29) is 11.0 Å². The van der Waals surface area contributed by atoms with Gasteiger partial charge in [0.25, 0.3) is 5.92 Å². The molecule has 3 aromatic rings. The summed E-state index contributed by atoms with van der Waals surface area (Å²) in [7, 11) is -1.36. The van der Waals surface area contributed by atoms with Crippen LogP contribution >= 0.6 is 0 Å². The fraction of sp³-hybridized carbons (Fsp3) is 0.176. The summed E-state index contributed by atoms with van der Waals surface area (Å²) >= 11 is 0. The van der Waals surface area contributed by atoms with Crippen LogP contribution < -0.4 is 11.2 Å². The fourth-order valence-corrected chi connectivity index (χ4v) is 3.11. The van der Waals surface area contributed by atoms with Crippen molar-refractivity contribution in [2.24, 2.45) is 0 Å². The van der Waals surface area contributed by atoms with Gasteiger partial charge in [-0.3, -0.25) is 0 Å². The Hall–Kier alpha value is -2.58. The Morgan fingerprint density at radius 3 is 2.64 bits per heavy atom. The third-order valence-electron chi connectivity index (χ3n) is 4.46. The van der Waals surface area contributed by atoms with Gasteiger partial charge >= 0.3 is 7.12 Å². The van der Waals surface area contributed by atoms with Crippen LogP contribution in [0.5, 0.6) is 0 Å². The van der Waals surface area contributed by atoms with Crippen molar-refractivity contribution < 1.29 is 18.5 Å². The Bertz CT molecular complexity index is 997. The number of aryl methyl sites for hydroxylation is 1. The lowest BCUT2D eigenvalue weighted by molar-refractivity contribution is -0.0561. The average molecular weight is 341 g/mol. The first-order valence-electron chi connectivity index (χ1n) is 7.71. The number of fused-ring (bicyclic) bond motifs is 2. The summed E-state index contributed by atoms with van der Waals surface area (Å²) in [6.07, 6.45) is 0. The number of halogens is 2. The Balaban J connectivity index is 1.87. The molecule has 2 heterocycles. The van der Waals surface area contributed by atoms with Gasteiger partial charge in [0.05, 0.1) is 12.3 Å². The van der Waals surface area contributed by atoms with E-state index < -0.39 is 19.6 Å². The molecule has 0 bridgehead atoms. The highest BCUT2D eigenvalue weighted by atomic mass is 19.3. The van der Waals surface area contributed by atoms with Crippen molar-refractivity contribution in [3.05, 3.63) is 47.7 Å². The lowest BCUT2D eigenvalue weighted by Crippen LogP contribution is -2.47. The predicted octanol–water partition coefficient (Wildman–Crippen LogP) is 2.00. The minimum absolute atomic E-state index is 0.0814. The molecule has 4 rings (SSSR count). The van der Waals surface area contributed by atoms with Gasteiger partial charge < -0.3 is 15.4 Å². The monoisotopic (exact) mass is 341 g/mol. The maximum atomic E-state index is 13.9. The molecule has 3 N–H and O–H groups in total. The molecule has 1 aliphatic rings. The average Bonchev–Trinajstić information content (AvgIpc) is 2.61. The minimum atomic E-state index is -3.11. The van der Waals surface area contributed by atoms with E-state index in [1.807, 2.05) is 25.1 Å². The van der Waals surface area contributed by atoms with Crippen LogP contribution in [0.2, 0.25) is 0 Å². The van der Waals surface area contributed by atoms with E-state index >= 15 is 0 Å². The number of nitrogens with two attached hydrogens (primary N) is 1. The zero-order valence-electron chi connectivity index (χ0n) is 13.3. The first-order chi connectivity index (χ1) is 11.9. The Kier molecular flexibility index (Phi) is 3.48. The number of hydrogen-bond donors (Lipinski definition) is 2. The number of nitrogens with zero attached hydrogens (tertiary/aromatic N) is 2. The second-order valence-electron chi connectivity index (χ2n) is 6.10. The van der Waals surface area contributed by atoms with Crippen molar-refractivity contribution in [3.8, 4) is 11.1 Å². The molecule has 0 atom stereocenters. The molecule has 0 fully saturated rings. The SMILES string of the molecule is Cc1nnc(N)c2ccc(-c3ccc4c(c3)B(O)OCC4(F)F)cc12. The highest BCUT2D eigenvalue weighted by molar-refractivity contribution is 6.61.